The highest BCUT2D eigenvalue weighted by Crippen LogP contribution is 2.34. The van der Waals surface area contributed by atoms with Gasteiger partial charge in [0.25, 0.3) is 0 Å². The first-order valence-electron chi connectivity index (χ1n) is 11.0. The van der Waals surface area contributed by atoms with Gasteiger partial charge < -0.3 is 9.47 Å². The van der Waals surface area contributed by atoms with Crippen molar-refractivity contribution < 1.29 is 23.9 Å². The molecule has 0 radical (unpaired) electrons. The van der Waals surface area contributed by atoms with Crippen LogP contribution in [0.1, 0.15) is 26.2 Å². The number of carbonyl (C=O) groups is 3. The third-order valence-corrected chi connectivity index (χ3v) is 6.65. The van der Waals surface area contributed by atoms with E-state index in [0.717, 1.165) is 48.9 Å². The molecular weight excluding hydrogens is 432 g/mol. The zero-order chi connectivity index (χ0) is 22.5. The summed E-state index contributed by atoms with van der Waals surface area (Å²) in [6.45, 7) is 6.68. The van der Waals surface area contributed by atoms with Gasteiger partial charge in [-0.1, -0.05) is 17.4 Å². The quantitative estimate of drug-likeness (QED) is 0.528. The van der Waals surface area contributed by atoms with Gasteiger partial charge in [0.15, 0.2) is 5.13 Å². The number of morpholine rings is 1. The monoisotopic (exact) mass is 460 g/mol. The number of fused-ring (bicyclic) bond motifs is 1. The van der Waals surface area contributed by atoms with E-state index in [4.69, 9.17) is 14.5 Å². The number of hydrogen-bond acceptors (Lipinski definition) is 8. The zero-order valence-corrected chi connectivity index (χ0v) is 19.1. The van der Waals surface area contributed by atoms with Crippen LogP contribution in [0.5, 0.6) is 5.75 Å². The predicted molar refractivity (Wildman–Crippen MR) is 121 cm³/mol. The number of ether oxygens (including phenoxy) is 2. The molecule has 3 amide bonds. The lowest BCUT2D eigenvalue weighted by Crippen LogP contribution is -2.44. The molecule has 1 aromatic carbocycles. The van der Waals surface area contributed by atoms with Crippen LogP contribution >= 0.6 is 11.3 Å². The molecule has 0 unspecified atom stereocenters. The van der Waals surface area contributed by atoms with Crippen LogP contribution in [0.3, 0.4) is 0 Å². The standard InChI is InChI=1S/C22H28N4O5S/c1-2-31-16-5-3-6-17-21(16)23-22(32-17)25(10-4-9-24-11-13-30-14-12-24)20(29)15-26-18(27)7-8-19(26)28/h3,5-6H,2,4,7-15H2,1H3. The Bertz CT molecular complexity index is 972. The molecule has 0 N–H and O–H groups in total. The SMILES string of the molecule is CCOc1cccc2sc(N(CCCN3CCOCC3)C(=O)CN3C(=O)CCC3=O)nc12. The van der Waals surface area contributed by atoms with Gasteiger partial charge in [-0.25, -0.2) is 4.98 Å². The van der Waals surface area contributed by atoms with E-state index < -0.39 is 0 Å². The van der Waals surface area contributed by atoms with Crippen LogP contribution in [-0.4, -0.2) is 85.0 Å². The molecule has 9 nitrogen and oxygen atoms in total. The van der Waals surface area contributed by atoms with Gasteiger partial charge in [-0.3, -0.25) is 29.1 Å². The number of para-hydroxylation sites is 1. The lowest BCUT2D eigenvalue weighted by molar-refractivity contribution is -0.141. The maximum absolute atomic E-state index is 13.2. The van der Waals surface area contributed by atoms with Gasteiger partial charge in [0.1, 0.15) is 17.8 Å². The summed E-state index contributed by atoms with van der Waals surface area (Å²) in [4.78, 5) is 47.0. The number of likely N-dealkylation sites (tertiary alicyclic amines) is 1. The van der Waals surface area contributed by atoms with Crippen molar-refractivity contribution in [2.45, 2.75) is 26.2 Å². The first-order valence-corrected chi connectivity index (χ1v) is 11.8. The molecule has 4 rings (SSSR count). The Kier molecular flexibility index (Phi) is 7.33. The minimum atomic E-state index is -0.299. The van der Waals surface area contributed by atoms with Crippen molar-refractivity contribution in [1.29, 1.82) is 0 Å². The molecule has 2 aliphatic heterocycles. The van der Waals surface area contributed by atoms with E-state index in [1.165, 1.54) is 11.3 Å². The zero-order valence-electron chi connectivity index (χ0n) is 18.2. The van der Waals surface area contributed by atoms with Crippen LogP contribution in [0.25, 0.3) is 10.2 Å². The highest BCUT2D eigenvalue weighted by atomic mass is 32.1. The summed E-state index contributed by atoms with van der Waals surface area (Å²) in [5.74, 6) is -0.204. The number of imide groups is 1. The number of nitrogens with zero attached hydrogens (tertiary/aromatic N) is 4. The fourth-order valence-electron chi connectivity index (χ4n) is 3.92. The topological polar surface area (TPSA) is 92.3 Å². The summed E-state index contributed by atoms with van der Waals surface area (Å²) < 4.78 is 12.0. The average molecular weight is 461 g/mol. The average Bonchev–Trinajstić information content (AvgIpc) is 3.37. The van der Waals surface area contributed by atoms with Crippen LogP contribution in [0.2, 0.25) is 0 Å². The maximum atomic E-state index is 13.2. The third-order valence-electron chi connectivity index (χ3n) is 5.61. The van der Waals surface area contributed by atoms with Crippen LogP contribution in [-0.2, 0) is 19.1 Å². The van der Waals surface area contributed by atoms with Crippen LogP contribution in [0.15, 0.2) is 18.2 Å². The Morgan fingerprint density at radius 2 is 1.97 bits per heavy atom. The molecule has 0 aliphatic carbocycles. The number of amides is 3. The second kappa shape index (κ2) is 10.4. The van der Waals surface area contributed by atoms with Crippen LogP contribution in [0.4, 0.5) is 5.13 Å². The molecule has 3 heterocycles. The van der Waals surface area contributed by atoms with Gasteiger partial charge in [0.2, 0.25) is 17.7 Å². The van der Waals surface area contributed by atoms with E-state index in [0.29, 0.717) is 29.5 Å². The Balaban J connectivity index is 1.54. The second-order valence-electron chi connectivity index (χ2n) is 7.76. The summed E-state index contributed by atoms with van der Waals surface area (Å²) >= 11 is 1.41. The maximum Gasteiger partial charge on any atom is 0.248 e. The van der Waals surface area contributed by atoms with E-state index in [9.17, 15) is 14.4 Å². The molecular formula is C22H28N4O5S. The van der Waals surface area contributed by atoms with Crippen molar-refractivity contribution in [3.05, 3.63) is 18.2 Å². The normalized spacial score (nSPS) is 17.3. The van der Waals surface area contributed by atoms with E-state index in [1.54, 1.807) is 4.90 Å². The van der Waals surface area contributed by atoms with Gasteiger partial charge >= 0.3 is 0 Å². The van der Waals surface area contributed by atoms with Crippen molar-refractivity contribution in [1.82, 2.24) is 14.8 Å². The van der Waals surface area contributed by atoms with Gasteiger partial charge in [0.05, 0.1) is 24.5 Å². The van der Waals surface area contributed by atoms with Crippen molar-refractivity contribution >= 4 is 44.4 Å². The molecule has 2 aromatic rings. The Labute approximate surface area is 190 Å². The highest BCUT2D eigenvalue weighted by Gasteiger charge is 2.33. The molecule has 10 heteroatoms. The van der Waals surface area contributed by atoms with E-state index in [1.807, 2.05) is 25.1 Å². The molecule has 0 spiro atoms. The number of thiazole rings is 1. The van der Waals surface area contributed by atoms with E-state index in [2.05, 4.69) is 4.90 Å². The number of carbonyl (C=O) groups excluding carboxylic acids is 3. The molecule has 2 aliphatic rings. The number of rotatable bonds is 9. The third kappa shape index (κ3) is 5.08. The van der Waals surface area contributed by atoms with Crippen LogP contribution in [0, 0.1) is 0 Å². The molecule has 172 valence electrons. The number of anilines is 1. The molecule has 2 fully saturated rings. The summed E-state index contributed by atoms with van der Waals surface area (Å²) in [5, 5.41) is 0.554. The lowest BCUT2D eigenvalue weighted by Gasteiger charge is -2.28. The van der Waals surface area contributed by atoms with Crippen molar-refractivity contribution in [3.8, 4) is 5.75 Å². The Morgan fingerprint density at radius 3 is 2.69 bits per heavy atom. The van der Waals surface area contributed by atoms with Gasteiger partial charge in [-0.2, -0.15) is 0 Å². The fraction of sp³-hybridized carbons (Fsp3) is 0.545. The molecule has 0 atom stereocenters. The van der Waals surface area contributed by atoms with Gasteiger partial charge in [0, 0.05) is 39.0 Å². The smallest absolute Gasteiger partial charge is 0.248 e. The summed E-state index contributed by atoms with van der Waals surface area (Å²) in [6, 6.07) is 5.71. The second-order valence-corrected chi connectivity index (χ2v) is 8.77. The minimum Gasteiger partial charge on any atom is -0.492 e. The molecule has 0 saturated carbocycles. The van der Waals surface area contributed by atoms with Crippen LogP contribution < -0.4 is 9.64 Å². The predicted octanol–water partition coefficient (Wildman–Crippen LogP) is 1.90. The summed E-state index contributed by atoms with van der Waals surface area (Å²) in [6.07, 6.45) is 1.09. The van der Waals surface area contributed by atoms with Crippen molar-refractivity contribution in [2.24, 2.45) is 0 Å². The fourth-order valence-corrected chi connectivity index (χ4v) is 4.95. The van der Waals surface area contributed by atoms with E-state index in [-0.39, 0.29) is 37.1 Å². The number of hydrogen-bond donors (Lipinski definition) is 0. The first-order chi connectivity index (χ1) is 15.6. The summed E-state index contributed by atoms with van der Waals surface area (Å²) in [5.41, 5.74) is 0.716. The largest absolute Gasteiger partial charge is 0.492 e. The molecule has 2 saturated heterocycles. The number of benzene rings is 1. The molecule has 1 aromatic heterocycles. The highest BCUT2D eigenvalue weighted by molar-refractivity contribution is 7.22. The van der Waals surface area contributed by atoms with Crippen molar-refractivity contribution in [2.75, 3.05) is 57.4 Å². The lowest BCUT2D eigenvalue weighted by atomic mass is 10.3. The summed E-state index contributed by atoms with van der Waals surface area (Å²) in [7, 11) is 0. The van der Waals surface area contributed by atoms with Gasteiger partial charge in [-0.05, 0) is 25.5 Å². The molecule has 0 bridgehead atoms. The van der Waals surface area contributed by atoms with Crippen molar-refractivity contribution in [3.63, 3.8) is 0 Å². The van der Waals surface area contributed by atoms with E-state index >= 15 is 0 Å². The Hall–Kier alpha value is -2.56. The van der Waals surface area contributed by atoms with Gasteiger partial charge in [-0.15, -0.1) is 0 Å². The minimum absolute atomic E-state index is 0.169. The first kappa shape index (κ1) is 22.6. The number of aromatic nitrogens is 1. The Morgan fingerprint density at radius 1 is 1.22 bits per heavy atom. The molecule has 32 heavy (non-hydrogen) atoms.